The zero-order valence-corrected chi connectivity index (χ0v) is 6.35. The molecule has 0 bridgehead atoms. The fourth-order valence-electron chi connectivity index (χ4n) is 0.630. The van der Waals surface area contributed by atoms with Crippen LogP contribution >= 0.6 is 0 Å². The van der Waals surface area contributed by atoms with E-state index in [-0.39, 0.29) is 5.75 Å². The van der Waals surface area contributed by atoms with E-state index in [1.54, 1.807) is 0 Å². The van der Waals surface area contributed by atoms with Gasteiger partial charge >= 0.3 is 0 Å². The Morgan fingerprint density at radius 2 is 2.36 bits per heavy atom. The minimum Gasteiger partial charge on any atom is -0.232 e. The Bertz CT molecular complexity index is 316. The summed E-state index contributed by atoms with van der Waals surface area (Å²) in [6.07, 6.45) is 1.21. The van der Waals surface area contributed by atoms with Gasteiger partial charge in [0.05, 0.1) is 5.75 Å². The summed E-state index contributed by atoms with van der Waals surface area (Å²) in [5.74, 6) is -0.964. The molecule has 0 atom stereocenters. The molecule has 0 fully saturated rings. The lowest BCUT2D eigenvalue weighted by atomic mass is 10.3. The molecule has 3 nitrogen and oxygen atoms in total. The molecule has 1 heterocycles. The molecule has 1 radical (unpaired) electrons. The van der Waals surface area contributed by atoms with E-state index in [1.807, 2.05) is 0 Å². The van der Waals surface area contributed by atoms with Crippen molar-refractivity contribution in [2.24, 2.45) is 0 Å². The number of aromatic nitrogens is 1. The molecule has 0 aliphatic carbocycles. The molecule has 0 saturated carbocycles. The van der Waals surface area contributed by atoms with Gasteiger partial charge in [0.2, 0.25) is 5.95 Å². The molecular formula is C6H5FNO2S. The average molecular weight is 174 g/mol. The smallest absolute Gasteiger partial charge is 0.221 e. The van der Waals surface area contributed by atoms with Gasteiger partial charge in [-0.15, -0.1) is 0 Å². The van der Waals surface area contributed by atoms with Crippen LogP contribution in [0.3, 0.4) is 0 Å². The van der Waals surface area contributed by atoms with E-state index in [0.29, 0.717) is 5.56 Å². The maximum atomic E-state index is 12.3. The number of halogens is 1. The molecule has 11 heavy (non-hydrogen) atoms. The van der Waals surface area contributed by atoms with Crippen LogP contribution in [0.25, 0.3) is 0 Å². The van der Waals surface area contributed by atoms with Gasteiger partial charge < -0.3 is 0 Å². The van der Waals surface area contributed by atoms with Gasteiger partial charge in [0, 0.05) is 12.3 Å². The third-order valence-corrected chi connectivity index (χ3v) is 1.63. The summed E-state index contributed by atoms with van der Waals surface area (Å²) in [7, 11) is -2.51. The Morgan fingerprint density at radius 3 is 2.91 bits per heavy atom. The number of nitrogens with zero attached hydrogens (tertiary/aromatic N) is 1. The molecule has 1 aromatic rings. The summed E-state index contributed by atoms with van der Waals surface area (Å²) in [5.41, 5.74) is 0.300. The number of pyridine rings is 1. The van der Waals surface area contributed by atoms with E-state index < -0.39 is 16.7 Å². The van der Waals surface area contributed by atoms with Crippen molar-refractivity contribution in [3.8, 4) is 0 Å². The first-order valence-corrected chi connectivity index (χ1v) is 4.19. The number of hydrogen-bond acceptors (Lipinski definition) is 3. The summed E-state index contributed by atoms with van der Waals surface area (Å²) >= 11 is 0. The quantitative estimate of drug-likeness (QED) is 0.512. The van der Waals surface area contributed by atoms with Crippen LogP contribution in [-0.2, 0) is 16.5 Å². The lowest BCUT2D eigenvalue weighted by Gasteiger charge is -1.91. The van der Waals surface area contributed by atoms with Gasteiger partial charge in [-0.3, -0.25) is 0 Å². The lowest BCUT2D eigenvalue weighted by Crippen LogP contribution is -1.90. The Balaban J connectivity index is 2.87. The molecule has 0 aliphatic heterocycles. The van der Waals surface area contributed by atoms with E-state index in [4.69, 9.17) is 0 Å². The number of thiol groups is 1. The van der Waals surface area contributed by atoms with Gasteiger partial charge in [0.1, 0.15) is 10.7 Å². The van der Waals surface area contributed by atoms with Crippen molar-refractivity contribution in [1.29, 1.82) is 0 Å². The van der Waals surface area contributed by atoms with Gasteiger partial charge in [0.15, 0.2) is 0 Å². The zero-order chi connectivity index (χ0) is 8.27. The molecule has 1 rings (SSSR count). The van der Waals surface area contributed by atoms with E-state index >= 15 is 0 Å². The van der Waals surface area contributed by atoms with E-state index in [1.165, 1.54) is 12.3 Å². The molecular weight excluding hydrogens is 169 g/mol. The lowest BCUT2D eigenvalue weighted by molar-refractivity contribution is 0.579. The van der Waals surface area contributed by atoms with Crippen LogP contribution in [0.1, 0.15) is 5.56 Å². The fourth-order valence-corrected chi connectivity index (χ4v) is 1.09. The molecule has 1 aromatic heterocycles. The first-order valence-electron chi connectivity index (χ1n) is 2.83. The van der Waals surface area contributed by atoms with Gasteiger partial charge in [-0.25, -0.2) is 13.4 Å². The monoisotopic (exact) mass is 174 g/mol. The van der Waals surface area contributed by atoms with Crippen LogP contribution in [0.4, 0.5) is 4.39 Å². The zero-order valence-electron chi connectivity index (χ0n) is 5.45. The highest BCUT2D eigenvalue weighted by atomic mass is 32.2. The third kappa shape index (κ3) is 2.63. The van der Waals surface area contributed by atoms with Crippen LogP contribution in [-0.4, -0.2) is 13.4 Å². The highest BCUT2D eigenvalue weighted by molar-refractivity contribution is 7.71. The molecule has 0 N–H and O–H groups in total. The van der Waals surface area contributed by atoms with Crippen molar-refractivity contribution in [3.63, 3.8) is 0 Å². The predicted molar refractivity (Wildman–Crippen MR) is 37.0 cm³/mol. The minimum atomic E-state index is -2.51. The van der Waals surface area contributed by atoms with Crippen LogP contribution in [0.5, 0.6) is 0 Å². The maximum Gasteiger partial charge on any atom is 0.221 e. The number of rotatable bonds is 2. The molecule has 59 valence electrons. The molecule has 0 aliphatic rings. The maximum absolute atomic E-state index is 12.3. The Hall–Kier alpha value is -0.970. The summed E-state index contributed by atoms with van der Waals surface area (Å²) in [5, 5.41) is 0. The first kappa shape index (κ1) is 8.13. The Labute approximate surface area is 64.8 Å². The van der Waals surface area contributed by atoms with Crippen molar-refractivity contribution in [2.45, 2.75) is 5.75 Å². The van der Waals surface area contributed by atoms with Gasteiger partial charge in [-0.2, -0.15) is 4.39 Å². The van der Waals surface area contributed by atoms with Crippen molar-refractivity contribution in [2.75, 3.05) is 0 Å². The highest BCUT2D eigenvalue weighted by Gasteiger charge is 1.96. The minimum absolute atomic E-state index is 0.186. The van der Waals surface area contributed by atoms with Crippen molar-refractivity contribution < 1.29 is 12.8 Å². The Morgan fingerprint density at radius 1 is 1.64 bits per heavy atom. The predicted octanol–water partition coefficient (Wildman–Crippen LogP) is 0.132. The Kier molecular flexibility index (Phi) is 2.53. The van der Waals surface area contributed by atoms with Gasteiger partial charge in [0.25, 0.3) is 0 Å². The van der Waals surface area contributed by atoms with E-state index in [9.17, 15) is 12.8 Å². The fraction of sp³-hybridized carbons (Fsp3) is 0.167. The van der Waals surface area contributed by atoms with E-state index in [0.717, 1.165) is 0 Å². The summed E-state index contributed by atoms with van der Waals surface area (Å²) < 4.78 is 32.6. The van der Waals surface area contributed by atoms with Gasteiger partial charge in [-0.1, -0.05) is 0 Å². The molecule has 0 spiro atoms. The molecule has 0 aromatic carbocycles. The van der Waals surface area contributed by atoms with Gasteiger partial charge in [-0.05, 0) is 11.6 Å². The first-order chi connectivity index (χ1) is 5.18. The summed E-state index contributed by atoms with van der Waals surface area (Å²) in [4.78, 5) is 3.23. The van der Waals surface area contributed by atoms with Crippen LogP contribution in [0.15, 0.2) is 12.3 Å². The van der Waals surface area contributed by atoms with Crippen LogP contribution in [0.2, 0.25) is 0 Å². The molecule has 0 saturated heterocycles. The highest BCUT2D eigenvalue weighted by Crippen LogP contribution is 1.99. The second kappa shape index (κ2) is 3.43. The van der Waals surface area contributed by atoms with Crippen molar-refractivity contribution >= 4 is 10.7 Å². The largest absolute Gasteiger partial charge is 0.232 e. The topological polar surface area (TPSA) is 47.0 Å². The molecule has 0 amide bonds. The van der Waals surface area contributed by atoms with E-state index in [2.05, 4.69) is 11.1 Å². The third-order valence-electron chi connectivity index (χ3n) is 1.03. The second-order valence-electron chi connectivity index (χ2n) is 1.88. The van der Waals surface area contributed by atoms with Crippen molar-refractivity contribution in [3.05, 3.63) is 29.8 Å². The standard InChI is InChI=1S/C6H5FNO2S/c7-6-3-5(1-2-8-6)4-11(9)10/h1-2,11H,4H2. The van der Waals surface area contributed by atoms with Crippen LogP contribution < -0.4 is 0 Å². The van der Waals surface area contributed by atoms with Crippen LogP contribution in [0, 0.1) is 12.0 Å². The average Bonchev–Trinajstić information content (AvgIpc) is 1.85. The molecule has 0 unspecified atom stereocenters. The molecule has 5 heteroatoms. The summed E-state index contributed by atoms with van der Waals surface area (Å²) in [6, 6.07) is 3.59. The number of hydrogen-bond donors (Lipinski definition) is 1. The SMILES string of the molecule is O=[SH](=O)Cc1[c]c(F)ncc1. The normalized spacial score (nSPS) is 10.4. The second-order valence-corrected chi connectivity index (χ2v) is 2.86. The summed E-state index contributed by atoms with van der Waals surface area (Å²) in [6.45, 7) is 0. The van der Waals surface area contributed by atoms with Crippen molar-refractivity contribution in [1.82, 2.24) is 4.98 Å².